The van der Waals surface area contributed by atoms with Gasteiger partial charge in [-0.3, -0.25) is 4.79 Å². The number of nitrogens with one attached hydrogen (secondary N) is 2. The summed E-state index contributed by atoms with van der Waals surface area (Å²) in [5, 5.41) is 22.7. The molecular weight excluding hydrogens is 535 g/mol. The number of likely N-dealkylation sites (tertiary alicyclic amines) is 1. The van der Waals surface area contributed by atoms with Gasteiger partial charge in [0.2, 0.25) is 0 Å². The smallest absolute Gasteiger partial charge is 0.475 e. The number of hydrogen-bond acceptors (Lipinski definition) is 4. The van der Waals surface area contributed by atoms with E-state index in [1.165, 1.54) is 18.4 Å². The van der Waals surface area contributed by atoms with Gasteiger partial charge in [0.1, 0.15) is 0 Å². The van der Waals surface area contributed by atoms with Crippen LogP contribution in [0.25, 0.3) is 10.9 Å². The molecule has 3 aromatic rings. The Kier molecular flexibility index (Phi) is 10.8. The zero-order valence-electron chi connectivity index (χ0n) is 21.6. The molecule has 2 heterocycles. The van der Waals surface area contributed by atoms with E-state index < -0.39 is 18.2 Å². The van der Waals surface area contributed by atoms with Crippen molar-refractivity contribution in [2.45, 2.75) is 57.3 Å². The molecule has 1 aromatic heterocycles. The molecule has 39 heavy (non-hydrogen) atoms. The molecule has 0 bridgehead atoms. The molecule has 1 fully saturated rings. The van der Waals surface area contributed by atoms with Crippen LogP contribution in [-0.4, -0.2) is 63.8 Å². The van der Waals surface area contributed by atoms with Gasteiger partial charge in [0.15, 0.2) is 0 Å². The molecule has 1 aliphatic heterocycles. The summed E-state index contributed by atoms with van der Waals surface area (Å²) in [6.07, 6.45) is 1.69. The number of benzene rings is 2. The van der Waals surface area contributed by atoms with Gasteiger partial charge in [-0.25, -0.2) is 4.79 Å². The number of carbonyl (C=O) groups is 2. The van der Waals surface area contributed by atoms with Crippen LogP contribution in [0.3, 0.4) is 0 Å². The van der Waals surface area contributed by atoms with Gasteiger partial charge in [0.25, 0.3) is 5.91 Å². The van der Waals surface area contributed by atoms with Crippen LogP contribution in [-0.2, 0) is 11.2 Å². The molecule has 4 rings (SSSR count). The lowest BCUT2D eigenvalue weighted by molar-refractivity contribution is -0.192. The Balaban J connectivity index is 0.000000532. The Bertz CT molecular complexity index is 1260. The van der Waals surface area contributed by atoms with Crippen molar-refractivity contribution in [3.63, 3.8) is 0 Å². The van der Waals surface area contributed by atoms with Crippen LogP contribution >= 0.6 is 11.6 Å². The van der Waals surface area contributed by atoms with E-state index in [0.29, 0.717) is 11.6 Å². The van der Waals surface area contributed by atoms with Gasteiger partial charge in [0.05, 0.1) is 17.2 Å². The van der Waals surface area contributed by atoms with Crippen LogP contribution < -0.4 is 5.32 Å². The molecule has 212 valence electrons. The predicted octanol–water partition coefficient (Wildman–Crippen LogP) is 5.73. The number of hydrogen-bond donors (Lipinski definition) is 4. The highest BCUT2D eigenvalue weighted by molar-refractivity contribution is 6.30. The van der Waals surface area contributed by atoms with E-state index in [1.54, 1.807) is 12.1 Å². The van der Waals surface area contributed by atoms with E-state index in [-0.39, 0.29) is 11.9 Å². The minimum Gasteiger partial charge on any atom is -0.475 e. The zero-order valence-corrected chi connectivity index (χ0v) is 22.4. The molecular formula is C28H33ClF3N3O4. The van der Waals surface area contributed by atoms with Gasteiger partial charge in [-0.2, -0.15) is 13.2 Å². The number of aliphatic carboxylic acids is 1. The van der Waals surface area contributed by atoms with Crippen molar-refractivity contribution in [3.8, 4) is 0 Å². The number of aromatic amines is 1. The highest BCUT2D eigenvalue weighted by atomic mass is 35.5. The second-order valence-electron chi connectivity index (χ2n) is 9.64. The monoisotopic (exact) mass is 567 g/mol. The van der Waals surface area contributed by atoms with E-state index >= 15 is 0 Å². The number of amides is 1. The van der Waals surface area contributed by atoms with Crippen molar-refractivity contribution in [2.24, 2.45) is 0 Å². The van der Waals surface area contributed by atoms with Crippen molar-refractivity contribution in [1.82, 2.24) is 15.2 Å². The topological polar surface area (TPSA) is 106 Å². The third-order valence-electron chi connectivity index (χ3n) is 6.59. The standard InChI is InChI=1S/C26H32ClN3O2.C2HF3O2/c1-18(28-17-24(31)19-8-6-9-21(27)15-19)14-20-16-29-25-22(20)10-7-11-23(25)26(32)30-12-4-2-3-5-13-30;3-2(4,5)1(6)7/h6-11,15-16,18,24,28-29,31H,2-5,12-14,17H2,1H3;(H,6,7)/t18-,24+;/m1./s1. The van der Waals surface area contributed by atoms with Gasteiger partial charge in [-0.1, -0.05) is 48.7 Å². The zero-order chi connectivity index (χ0) is 28.6. The number of aromatic nitrogens is 1. The molecule has 1 amide bonds. The van der Waals surface area contributed by atoms with Crippen molar-refractivity contribution in [2.75, 3.05) is 19.6 Å². The molecule has 0 saturated carbocycles. The van der Waals surface area contributed by atoms with Crippen LogP contribution in [0.1, 0.15) is 60.2 Å². The maximum atomic E-state index is 13.2. The molecule has 11 heteroatoms. The van der Waals surface area contributed by atoms with Crippen molar-refractivity contribution < 1.29 is 33.0 Å². The minimum atomic E-state index is -5.08. The number of carboxylic acid groups (broad SMARTS) is 1. The average Bonchev–Trinajstić information content (AvgIpc) is 3.10. The summed E-state index contributed by atoms with van der Waals surface area (Å²) in [6.45, 7) is 4.25. The number of alkyl halides is 3. The lowest BCUT2D eigenvalue weighted by atomic mass is 10.0. The van der Waals surface area contributed by atoms with Crippen molar-refractivity contribution >= 4 is 34.4 Å². The first-order valence-corrected chi connectivity index (χ1v) is 13.2. The Hall–Kier alpha value is -3.08. The third-order valence-corrected chi connectivity index (χ3v) is 6.82. The van der Waals surface area contributed by atoms with E-state index in [0.717, 1.165) is 54.4 Å². The number of aliphatic hydroxyl groups excluding tert-OH is 1. The first kappa shape index (κ1) is 30.5. The number of para-hydroxylation sites is 1. The molecule has 4 N–H and O–H groups in total. The number of halogens is 4. The van der Waals surface area contributed by atoms with Crippen LogP contribution in [0.2, 0.25) is 5.02 Å². The van der Waals surface area contributed by atoms with E-state index in [9.17, 15) is 23.1 Å². The quantitative estimate of drug-likeness (QED) is 0.292. The lowest BCUT2D eigenvalue weighted by Gasteiger charge is -2.20. The van der Waals surface area contributed by atoms with E-state index in [4.69, 9.17) is 21.5 Å². The molecule has 0 unspecified atom stereocenters. The van der Waals surface area contributed by atoms with Gasteiger partial charge >= 0.3 is 12.1 Å². The number of rotatable bonds is 7. The SMILES string of the molecule is C[C@H](Cc1c[nH]c2c(C(=O)N3CCCCCC3)cccc12)NC[C@H](O)c1cccc(Cl)c1.O=C(O)C(F)(F)F. The van der Waals surface area contributed by atoms with Gasteiger partial charge in [0, 0.05) is 42.3 Å². The fourth-order valence-electron chi connectivity index (χ4n) is 4.55. The molecule has 7 nitrogen and oxygen atoms in total. The second kappa shape index (κ2) is 13.8. The summed E-state index contributed by atoms with van der Waals surface area (Å²) in [5.41, 5.74) is 3.65. The summed E-state index contributed by atoms with van der Waals surface area (Å²) < 4.78 is 31.7. The fourth-order valence-corrected chi connectivity index (χ4v) is 4.75. The molecule has 2 aromatic carbocycles. The lowest BCUT2D eigenvalue weighted by Crippen LogP contribution is -2.32. The third kappa shape index (κ3) is 8.71. The number of H-pyrrole nitrogens is 1. The van der Waals surface area contributed by atoms with Crippen LogP contribution in [0.5, 0.6) is 0 Å². The number of nitrogens with zero attached hydrogens (tertiary/aromatic N) is 1. The van der Waals surface area contributed by atoms with Crippen LogP contribution in [0, 0.1) is 0 Å². The average molecular weight is 568 g/mol. The number of aliphatic hydroxyl groups is 1. The van der Waals surface area contributed by atoms with Crippen molar-refractivity contribution in [1.29, 1.82) is 0 Å². The Morgan fingerprint density at radius 3 is 2.36 bits per heavy atom. The Morgan fingerprint density at radius 2 is 1.74 bits per heavy atom. The highest BCUT2D eigenvalue weighted by Gasteiger charge is 2.38. The first-order chi connectivity index (χ1) is 18.5. The number of carboxylic acids is 1. The highest BCUT2D eigenvalue weighted by Crippen LogP contribution is 2.25. The first-order valence-electron chi connectivity index (χ1n) is 12.8. The molecule has 2 atom stereocenters. The molecule has 1 aliphatic rings. The van der Waals surface area contributed by atoms with Gasteiger partial charge < -0.3 is 25.4 Å². The molecule has 0 radical (unpaired) electrons. The maximum absolute atomic E-state index is 13.2. The second-order valence-corrected chi connectivity index (χ2v) is 10.1. The summed E-state index contributed by atoms with van der Waals surface area (Å²) >= 11 is 6.03. The van der Waals surface area contributed by atoms with Crippen molar-refractivity contribution in [3.05, 3.63) is 70.4 Å². The summed E-state index contributed by atoms with van der Waals surface area (Å²) in [7, 11) is 0. The van der Waals surface area contributed by atoms with E-state index in [1.807, 2.05) is 35.4 Å². The molecule has 0 spiro atoms. The summed E-state index contributed by atoms with van der Waals surface area (Å²) in [4.78, 5) is 27.4. The van der Waals surface area contributed by atoms with Gasteiger partial charge in [-0.05, 0) is 55.5 Å². The summed E-state index contributed by atoms with van der Waals surface area (Å²) in [6, 6.07) is 13.5. The predicted molar refractivity (Wildman–Crippen MR) is 144 cm³/mol. The fraction of sp³-hybridized carbons (Fsp3) is 0.429. The minimum absolute atomic E-state index is 0.127. The Labute approximate surface area is 230 Å². The normalized spacial score (nSPS) is 15.7. The largest absolute Gasteiger partial charge is 0.490 e. The van der Waals surface area contributed by atoms with Crippen LogP contribution in [0.4, 0.5) is 13.2 Å². The Morgan fingerprint density at radius 1 is 1.10 bits per heavy atom. The summed E-state index contributed by atoms with van der Waals surface area (Å²) in [5.74, 6) is -2.63. The molecule has 1 saturated heterocycles. The van der Waals surface area contributed by atoms with E-state index in [2.05, 4.69) is 23.3 Å². The number of carbonyl (C=O) groups excluding carboxylic acids is 1. The molecule has 0 aliphatic carbocycles. The maximum Gasteiger partial charge on any atom is 0.490 e. The van der Waals surface area contributed by atoms with Crippen LogP contribution in [0.15, 0.2) is 48.7 Å². The van der Waals surface area contributed by atoms with Gasteiger partial charge in [-0.15, -0.1) is 0 Å². The number of fused-ring (bicyclic) bond motifs is 1.